The number of allylic oxidation sites excluding steroid dienone is 2. The van der Waals surface area contributed by atoms with Crippen LogP contribution in [0.1, 0.15) is 51.0 Å². The molecule has 3 aliphatic carbocycles. The van der Waals surface area contributed by atoms with Crippen molar-refractivity contribution in [2.75, 3.05) is 19.8 Å². The summed E-state index contributed by atoms with van der Waals surface area (Å²) in [6.07, 6.45) is 6.98. The number of nitrogens with one attached hydrogen (secondary N) is 1. The number of nitriles is 1. The molecule has 2 aliphatic heterocycles. The molecule has 8 atom stereocenters. The molecule has 8 heteroatoms. The number of aromatic amines is 1. The van der Waals surface area contributed by atoms with E-state index in [9.17, 15) is 15.5 Å². The summed E-state index contributed by atoms with van der Waals surface area (Å²) in [7, 11) is 3.88. The molecule has 2 bridgehead atoms. The predicted octanol–water partition coefficient (Wildman–Crippen LogP) is 3.14. The summed E-state index contributed by atoms with van der Waals surface area (Å²) in [5, 5.41) is 32.9. The second-order valence-electron chi connectivity index (χ2n) is 12.5. The van der Waals surface area contributed by atoms with Gasteiger partial charge in [-0.15, -0.1) is 0 Å². The van der Waals surface area contributed by atoms with Crippen molar-refractivity contribution in [3.05, 3.63) is 41.5 Å². The number of likely N-dealkylation sites (N-methyl/N-ethyl adjacent to an activating group) is 1. The van der Waals surface area contributed by atoms with E-state index < -0.39 is 28.8 Å². The number of anilines is 1. The van der Waals surface area contributed by atoms with E-state index in [1.807, 2.05) is 31.1 Å². The molecule has 2 saturated carbocycles. The summed E-state index contributed by atoms with van der Waals surface area (Å²) in [4.78, 5) is 9.49. The van der Waals surface area contributed by atoms with Crippen LogP contribution < -0.4 is 5.73 Å². The molecule has 3 heterocycles. The number of aliphatic hydroxyl groups excluding tert-OH is 2. The topological polar surface area (TPSA) is 131 Å². The van der Waals surface area contributed by atoms with Crippen LogP contribution in [0.3, 0.4) is 0 Å². The number of benzene rings is 1. The number of fused-ring (bicyclic) bond motifs is 2. The number of ether oxygens (including phenoxy) is 1. The minimum Gasteiger partial charge on any atom is -0.388 e. The number of imidazole rings is 1. The third-order valence-electron chi connectivity index (χ3n) is 10.8. The summed E-state index contributed by atoms with van der Waals surface area (Å²) in [5.74, 6) is 0.558. The van der Waals surface area contributed by atoms with Crippen molar-refractivity contribution in [2.45, 2.75) is 74.9 Å². The smallest absolute Gasteiger partial charge is 0.198 e. The Labute approximate surface area is 216 Å². The molecule has 5 N–H and O–H groups in total. The molecule has 37 heavy (non-hydrogen) atoms. The highest BCUT2D eigenvalue weighted by Crippen LogP contribution is 2.72. The van der Waals surface area contributed by atoms with Crippen molar-refractivity contribution in [2.24, 2.45) is 16.7 Å². The molecule has 7 rings (SSSR count). The summed E-state index contributed by atoms with van der Waals surface area (Å²) in [5.41, 5.74) is 8.64. The van der Waals surface area contributed by atoms with Gasteiger partial charge in [0.15, 0.2) is 5.95 Å². The van der Waals surface area contributed by atoms with Gasteiger partial charge in [0.05, 0.1) is 34.4 Å². The van der Waals surface area contributed by atoms with Gasteiger partial charge in [0, 0.05) is 12.0 Å². The van der Waals surface area contributed by atoms with E-state index in [-0.39, 0.29) is 17.4 Å². The average molecular weight is 502 g/mol. The van der Waals surface area contributed by atoms with Gasteiger partial charge in [-0.3, -0.25) is 0 Å². The fraction of sp³-hybridized carbons (Fsp3) is 0.586. The van der Waals surface area contributed by atoms with E-state index in [1.54, 1.807) is 0 Å². The number of rotatable bonds is 2. The fourth-order valence-electron chi connectivity index (χ4n) is 8.89. The maximum absolute atomic E-state index is 11.3. The van der Waals surface area contributed by atoms with E-state index in [1.165, 1.54) is 5.57 Å². The van der Waals surface area contributed by atoms with Gasteiger partial charge in [-0.1, -0.05) is 25.1 Å². The van der Waals surface area contributed by atoms with Gasteiger partial charge in [-0.25, -0.2) is 4.98 Å². The van der Waals surface area contributed by atoms with Crippen molar-refractivity contribution in [3.63, 3.8) is 0 Å². The lowest BCUT2D eigenvalue weighted by molar-refractivity contribution is -0.223. The van der Waals surface area contributed by atoms with Crippen LogP contribution in [0.25, 0.3) is 16.6 Å². The Bertz CT molecular complexity index is 1420. The highest BCUT2D eigenvalue weighted by Gasteiger charge is 2.74. The molecule has 8 nitrogen and oxygen atoms in total. The molecule has 3 fully saturated rings. The van der Waals surface area contributed by atoms with Crippen LogP contribution in [-0.4, -0.2) is 68.6 Å². The number of H-pyrrole nitrogens is 1. The molecular weight excluding hydrogens is 466 g/mol. The molecule has 5 aliphatic rings. The van der Waals surface area contributed by atoms with Gasteiger partial charge in [0.1, 0.15) is 11.5 Å². The van der Waals surface area contributed by atoms with Crippen LogP contribution in [0.15, 0.2) is 35.9 Å². The minimum atomic E-state index is -1.03. The van der Waals surface area contributed by atoms with Crippen molar-refractivity contribution in [3.8, 4) is 6.07 Å². The Morgan fingerprint density at radius 2 is 2.03 bits per heavy atom. The van der Waals surface area contributed by atoms with Gasteiger partial charge in [0.25, 0.3) is 0 Å². The summed E-state index contributed by atoms with van der Waals surface area (Å²) >= 11 is 0. The molecule has 1 aromatic carbocycles. The molecule has 2 aromatic rings. The quantitative estimate of drug-likeness (QED) is 0.465. The summed E-state index contributed by atoms with van der Waals surface area (Å²) < 4.78 is 7.26. The van der Waals surface area contributed by atoms with Crippen molar-refractivity contribution in [1.82, 2.24) is 14.9 Å². The summed E-state index contributed by atoms with van der Waals surface area (Å²) in [6, 6.07) is 8.76. The first-order valence-electron chi connectivity index (χ1n) is 13.4. The van der Waals surface area contributed by atoms with E-state index in [4.69, 9.17) is 10.5 Å². The first kappa shape index (κ1) is 23.4. The highest BCUT2D eigenvalue weighted by molar-refractivity contribution is 5.84. The molecule has 0 radical (unpaired) electrons. The number of hydrogen-bond donors (Lipinski definition) is 4. The van der Waals surface area contributed by atoms with Gasteiger partial charge in [0.2, 0.25) is 0 Å². The van der Waals surface area contributed by atoms with Gasteiger partial charge >= 0.3 is 0 Å². The predicted molar refractivity (Wildman–Crippen MR) is 140 cm³/mol. The van der Waals surface area contributed by atoms with Crippen LogP contribution in [0, 0.1) is 28.1 Å². The molecule has 194 valence electrons. The maximum atomic E-state index is 11.3. The fourth-order valence-corrected chi connectivity index (χ4v) is 8.89. The number of aromatic nitrogens is 2. The molecule has 1 aromatic heterocycles. The normalized spacial score (nSPS) is 44.1. The largest absolute Gasteiger partial charge is 0.388 e. The molecule has 1 saturated heterocycles. The van der Waals surface area contributed by atoms with E-state index in [2.05, 4.69) is 41.2 Å². The van der Waals surface area contributed by atoms with E-state index in [0.29, 0.717) is 18.8 Å². The second kappa shape index (κ2) is 7.23. The minimum absolute atomic E-state index is 0.143. The standard InChI is InChI=1S/C29H35N5O3/c1-26-8-9-27(15-30)13-18-23(35)24(36)21(34(2)3)14-28(18)10-11-29(27,37-28)22(26)7-5-17(26)16-4-6-19-20(12-16)33-25(31)32-19/h4-6,12-13,21-24,35-36H,7-11,14H2,1-3H3,(H3,31,32,33)/t21-,22?,23+,24+,26+,27?,28+,29-/m0/s1. The monoisotopic (exact) mass is 501 g/mol. The zero-order chi connectivity index (χ0) is 26.0. The van der Waals surface area contributed by atoms with Crippen molar-refractivity contribution < 1.29 is 14.9 Å². The first-order valence-corrected chi connectivity index (χ1v) is 13.4. The number of nitrogens with two attached hydrogens (primary N) is 1. The lowest BCUT2D eigenvalue weighted by atomic mass is 9.49. The average Bonchev–Trinajstić information content (AvgIpc) is 3.52. The highest BCUT2D eigenvalue weighted by atomic mass is 16.5. The second-order valence-corrected chi connectivity index (χ2v) is 12.5. The Morgan fingerprint density at radius 3 is 2.78 bits per heavy atom. The van der Waals surface area contributed by atoms with Crippen LogP contribution in [-0.2, 0) is 4.74 Å². The van der Waals surface area contributed by atoms with Crippen LogP contribution in [0.5, 0.6) is 0 Å². The Balaban J connectivity index is 1.32. The van der Waals surface area contributed by atoms with E-state index in [0.717, 1.165) is 47.9 Å². The third kappa shape index (κ3) is 2.73. The Morgan fingerprint density at radius 1 is 1.22 bits per heavy atom. The Kier molecular flexibility index (Phi) is 4.58. The van der Waals surface area contributed by atoms with Crippen molar-refractivity contribution >= 4 is 22.6 Å². The van der Waals surface area contributed by atoms with Crippen LogP contribution >= 0.6 is 0 Å². The molecule has 0 amide bonds. The number of nitrogens with zero attached hydrogens (tertiary/aromatic N) is 3. The molecular formula is C29H35N5O3. The summed E-state index contributed by atoms with van der Waals surface area (Å²) in [6.45, 7) is 2.34. The molecule has 2 unspecified atom stereocenters. The lowest BCUT2D eigenvalue weighted by Gasteiger charge is -2.61. The zero-order valence-corrected chi connectivity index (χ0v) is 21.7. The number of hydrogen-bond acceptors (Lipinski definition) is 7. The molecule has 2 spiro atoms. The van der Waals surface area contributed by atoms with Crippen molar-refractivity contribution in [1.29, 1.82) is 5.26 Å². The first-order chi connectivity index (χ1) is 17.6. The third-order valence-corrected chi connectivity index (χ3v) is 10.8. The maximum Gasteiger partial charge on any atom is 0.198 e. The van der Waals surface area contributed by atoms with E-state index >= 15 is 0 Å². The SMILES string of the molecule is CN(C)[C@H]1C[C@@]23CC[C@]4(O2)C2CC=C(c5ccc6nc(N)[nH]c6c5)[C@@]2(C)CCC4(C#N)C=C3[C@@H](O)[C@@H]1O. The van der Waals surface area contributed by atoms with Crippen LogP contribution in [0.4, 0.5) is 5.95 Å². The lowest BCUT2D eigenvalue weighted by Crippen LogP contribution is -2.66. The zero-order valence-electron chi connectivity index (χ0n) is 21.7. The van der Waals surface area contributed by atoms with Gasteiger partial charge in [-0.05, 0) is 86.9 Å². The van der Waals surface area contributed by atoms with Crippen LogP contribution in [0.2, 0.25) is 0 Å². The Hall–Kier alpha value is -2.70. The number of aliphatic hydroxyl groups is 2. The number of nitrogen functional groups attached to an aromatic ring is 1. The van der Waals surface area contributed by atoms with Gasteiger partial charge in [-0.2, -0.15) is 5.26 Å². The van der Waals surface area contributed by atoms with Gasteiger partial charge < -0.3 is 30.6 Å².